The monoisotopic (exact) mass is 409 g/mol. The van der Waals surface area contributed by atoms with Gasteiger partial charge in [-0.3, -0.25) is 4.99 Å². The summed E-state index contributed by atoms with van der Waals surface area (Å²) in [6.07, 6.45) is 12.9. The van der Waals surface area contributed by atoms with Crippen molar-refractivity contribution in [1.29, 1.82) is 0 Å². The molecule has 0 spiro atoms. The molecule has 2 heterocycles. The van der Waals surface area contributed by atoms with E-state index >= 15 is 0 Å². The van der Waals surface area contributed by atoms with E-state index in [9.17, 15) is 0 Å². The molecule has 4 aliphatic rings. The van der Waals surface area contributed by atoms with Crippen molar-refractivity contribution in [3.63, 3.8) is 0 Å². The number of fused-ring (bicyclic) bond motifs is 3. The lowest BCUT2D eigenvalue weighted by Crippen LogP contribution is -2.42. The number of aliphatic imine (C=N–C) groups is 2. The van der Waals surface area contributed by atoms with Crippen molar-refractivity contribution in [2.45, 2.75) is 76.3 Å². The van der Waals surface area contributed by atoms with Crippen LogP contribution in [0.2, 0.25) is 0 Å². The second-order valence-corrected chi connectivity index (χ2v) is 9.47. The molecule has 0 unspecified atom stereocenters. The molecule has 2 fully saturated rings. The fourth-order valence-corrected chi connectivity index (χ4v) is 5.90. The summed E-state index contributed by atoms with van der Waals surface area (Å²) in [5.74, 6) is 2.36. The molecule has 3 heteroatoms. The van der Waals surface area contributed by atoms with Crippen LogP contribution in [-0.2, 0) is 0 Å². The SMILES string of the molecule is c1ccc(C2=C3C(=Nc4ccccc43)N(C3CCCCC3)C2=NC2CCCCC2)cc1. The molecule has 0 saturated heterocycles. The van der Waals surface area contributed by atoms with Gasteiger partial charge in [-0.2, -0.15) is 0 Å². The van der Waals surface area contributed by atoms with Gasteiger partial charge in [-0.1, -0.05) is 87.1 Å². The van der Waals surface area contributed by atoms with Crippen LogP contribution in [0.1, 0.15) is 75.3 Å². The van der Waals surface area contributed by atoms with E-state index in [0.717, 1.165) is 11.5 Å². The third kappa shape index (κ3) is 3.35. The molecule has 31 heavy (non-hydrogen) atoms. The third-order valence-corrected chi connectivity index (χ3v) is 7.44. The number of para-hydroxylation sites is 1. The Bertz CT molecular complexity index is 1050. The lowest BCUT2D eigenvalue weighted by molar-refractivity contribution is 0.323. The molecular weight excluding hydrogens is 378 g/mol. The molecule has 0 atom stereocenters. The van der Waals surface area contributed by atoms with E-state index in [0.29, 0.717) is 12.1 Å². The second kappa shape index (κ2) is 8.11. The Labute approximate surface area is 185 Å². The zero-order chi connectivity index (χ0) is 20.6. The van der Waals surface area contributed by atoms with Gasteiger partial charge < -0.3 is 4.90 Å². The Balaban J connectivity index is 1.55. The van der Waals surface area contributed by atoms with Gasteiger partial charge in [0.05, 0.1) is 11.7 Å². The fraction of sp³-hybridized carbons (Fsp3) is 0.429. The molecular formula is C28H31N3. The quantitative estimate of drug-likeness (QED) is 0.535. The van der Waals surface area contributed by atoms with E-state index in [1.54, 1.807) is 0 Å². The minimum atomic E-state index is 0.448. The van der Waals surface area contributed by atoms with Crippen LogP contribution in [0.4, 0.5) is 5.69 Å². The molecule has 0 radical (unpaired) electrons. The zero-order valence-electron chi connectivity index (χ0n) is 18.3. The molecule has 2 aromatic carbocycles. The van der Waals surface area contributed by atoms with Crippen LogP contribution >= 0.6 is 0 Å². The molecule has 2 aliphatic heterocycles. The molecule has 0 amide bonds. The lowest BCUT2D eigenvalue weighted by atomic mass is 9.93. The summed E-state index contributed by atoms with van der Waals surface area (Å²) in [7, 11) is 0. The number of amidine groups is 2. The van der Waals surface area contributed by atoms with E-state index in [2.05, 4.69) is 59.5 Å². The first kappa shape index (κ1) is 19.0. The molecule has 6 rings (SSSR count). The Morgan fingerprint density at radius 1 is 0.710 bits per heavy atom. The second-order valence-electron chi connectivity index (χ2n) is 9.47. The maximum absolute atomic E-state index is 5.51. The van der Waals surface area contributed by atoms with E-state index in [4.69, 9.17) is 9.98 Å². The summed E-state index contributed by atoms with van der Waals surface area (Å²) in [6.45, 7) is 0. The van der Waals surface area contributed by atoms with Crippen molar-refractivity contribution in [1.82, 2.24) is 4.90 Å². The minimum absolute atomic E-state index is 0.448. The van der Waals surface area contributed by atoms with Gasteiger partial charge in [-0.15, -0.1) is 0 Å². The highest BCUT2D eigenvalue weighted by atomic mass is 15.3. The normalized spacial score (nSPS) is 23.3. The van der Waals surface area contributed by atoms with Crippen LogP contribution in [0.15, 0.2) is 64.6 Å². The molecule has 0 N–H and O–H groups in total. The smallest absolute Gasteiger partial charge is 0.143 e. The molecule has 158 valence electrons. The molecule has 3 nitrogen and oxygen atoms in total. The van der Waals surface area contributed by atoms with Crippen LogP contribution in [-0.4, -0.2) is 28.7 Å². The van der Waals surface area contributed by atoms with Gasteiger partial charge in [0.2, 0.25) is 0 Å². The van der Waals surface area contributed by atoms with Crippen molar-refractivity contribution >= 4 is 28.5 Å². The Kier molecular flexibility index (Phi) is 4.98. The van der Waals surface area contributed by atoms with Crippen LogP contribution in [0, 0.1) is 0 Å². The van der Waals surface area contributed by atoms with Crippen molar-refractivity contribution in [3.8, 4) is 0 Å². The van der Waals surface area contributed by atoms with Crippen LogP contribution in [0.25, 0.3) is 11.1 Å². The van der Waals surface area contributed by atoms with Crippen LogP contribution in [0.5, 0.6) is 0 Å². The molecule has 0 bridgehead atoms. The lowest BCUT2D eigenvalue weighted by Gasteiger charge is -2.34. The van der Waals surface area contributed by atoms with Crippen molar-refractivity contribution in [3.05, 3.63) is 65.7 Å². The highest BCUT2D eigenvalue weighted by Gasteiger charge is 2.43. The van der Waals surface area contributed by atoms with E-state index in [-0.39, 0.29) is 0 Å². The first-order chi connectivity index (χ1) is 15.4. The maximum Gasteiger partial charge on any atom is 0.143 e. The van der Waals surface area contributed by atoms with Gasteiger partial charge in [0.15, 0.2) is 0 Å². The average molecular weight is 410 g/mol. The van der Waals surface area contributed by atoms with E-state index < -0.39 is 0 Å². The van der Waals surface area contributed by atoms with Gasteiger partial charge >= 0.3 is 0 Å². The van der Waals surface area contributed by atoms with Crippen molar-refractivity contribution in [2.24, 2.45) is 9.98 Å². The summed E-state index contributed by atoms with van der Waals surface area (Å²) in [5.41, 5.74) is 6.27. The number of rotatable bonds is 3. The van der Waals surface area contributed by atoms with Crippen LogP contribution in [0.3, 0.4) is 0 Å². The summed E-state index contributed by atoms with van der Waals surface area (Å²) >= 11 is 0. The summed E-state index contributed by atoms with van der Waals surface area (Å²) in [6, 6.07) is 20.5. The van der Waals surface area contributed by atoms with Gasteiger partial charge in [0.25, 0.3) is 0 Å². The number of benzene rings is 2. The topological polar surface area (TPSA) is 28.0 Å². The van der Waals surface area contributed by atoms with E-state index in [1.165, 1.54) is 92.3 Å². The minimum Gasteiger partial charge on any atom is -0.307 e. The standard InChI is InChI=1S/C28H31N3/c1-4-12-20(13-5-1)25-26-23-18-10-11-19-24(23)30-28(26)31(22-16-8-3-9-17-22)27(25)29-21-14-6-2-7-15-21/h1,4-5,10-13,18-19,21-22H,2-3,6-9,14-17H2. The van der Waals surface area contributed by atoms with Crippen molar-refractivity contribution in [2.75, 3.05) is 0 Å². The molecule has 2 saturated carbocycles. The number of nitrogens with zero attached hydrogens (tertiary/aromatic N) is 3. The summed E-state index contributed by atoms with van der Waals surface area (Å²) in [5, 5.41) is 0. The first-order valence-electron chi connectivity index (χ1n) is 12.3. The largest absolute Gasteiger partial charge is 0.307 e. The van der Waals surface area contributed by atoms with E-state index in [1.807, 2.05) is 0 Å². The Morgan fingerprint density at radius 3 is 2.16 bits per heavy atom. The number of hydrogen-bond acceptors (Lipinski definition) is 2. The summed E-state index contributed by atoms with van der Waals surface area (Å²) in [4.78, 5) is 13.3. The van der Waals surface area contributed by atoms with Gasteiger partial charge in [0.1, 0.15) is 11.7 Å². The van der Waals surface area contributed by atoms with Gasteiger partial charge in [-0.05, 0) is 37.3 Å². The zero-order valence-corrected chi connectivity index (χ0v) is 18.3. The molecule has 2 aliphatic carbocycles. The first-order valence-corrected chi connectivity index (χ1v) is 12.3. The number of hydrogen-bond donors (Lipinski definition) is 0. The Hall–Kier alpha value is -2.68. The maximum atomic E-state index is 5.51. The van der Waals surface area contributed by atoms with Crippen molar-refractivity contribution < 1.29 is 0 Å². The fourth-order valence-electron chi connectivity index (χ4n) is 5.90. The Morgan fingerprint density at radius 2 is 1.39 bits per heavy atom. The van der Waals surface area contributed by atoms with Crippen LogP contribution < -0.4 is 0 Å². The summed E-state index contributed by atoms with van der Waals surface area (Å²) < 4.78 is 0. The highest BCUT2D eigenvalue weighted by Crippen LogP contribution is 2.47. The van der Waals surface area contributed by atoms with Gasteiger partial charge in [0, 0.05) is 22.8 Å². The molecule has 2 aromatic rings. The predicted molar refractivity (Wildman–Crippen MR) is 130 cm³/mol. The third-order valence-electron chi connectivity index (χ3n) is 7.44. The predicted octanol–water partition coefficient (Wildman–Crippen LogP) is 7.02. The highest BCUT2D eigenvalue weighted by molar-refractivity contribution is 6.53. The van der Waals surface area contributed by atoms with Gasteiger partial charge in [-0.25, -0.2) is 4.99 Å². The average Bonchev–Trinajstić information content (AvgIpc) is 3.35. The molecule has 0 aromatic heterocycles.